The lowest BCUT2D eigenvalue weighted by Crippen LogP contribution is -2.29. The molecular formula is C11H25N. The Bertz CT molecular complexity index is 93.2. The predicted molar refractivity (Wildman–Crippen MR) is 56.5 cm³/mol. The van der Waals surface area contributed by atoms with Gasteiger partial charge in [0.25, 0.3) is 0 Å². The Morgan fingerprint density at radius 3 is 2.17 bits per heavy atom. The summed E-state index contributed by atoms with van der Waals surface area (Å²) in [6.07, 6.45) is 6.73. The maximum Gasteiger partial charge on any atom is 0.000215 e. The van der Waals surface area contributed by atoms with E-state index in [1.807, 2.05) is 0 Å². The van der Waals surface area contributed by atoms with Crippen molar-refractivity contribution in [2.45, 2.75) is 52.9 Å². The van der Waals surface area contributed by atoms with Crippen molar-refractivity contribution in [1.29, 1.82) is 0 Å². The van der Waals surface area contributed by atoms with E-state index in [4.69, 9.17) is 0 Å². The van der Waals surface area contributed by atoms with Crippen LogP contribution in [0.5, 0.6) is 0 Å². The molecule has 1 nitrogen and oxygen atoms in total. The highest BCUT2D eigenvalue weighted by Gasteiger charge is 2.20. The van der Waals surface area contributed by atoms with E-state index in [9.17, 15) is 0 Å². The average Bonchev–Trinajstić information content (AvgIpc) is 2.02. The molecule has 0 aliphatic heterocycles. The van der Waals surface area contributed by atoms with Crippen LogP contribution >= 0.6 is 0 Å². The molecule has 74 valence electrons. The third-order valence-corrected chi connectivity index (χ3v) is 2.59. The smallest absolute Gasteiger partial charge is 0.000215 e. The van der Waals surface area contributed by atoms with E-state index >= 15 is 0 Å². The molecule has 0 rings (SSSR count). The van der Waals surface area contributed by atoms with E-state index in [0.29, 0.717) is 5.41 Å². The van der Waals surface area contributed by atoms with E-state index in [1.54, 1.807) is 0 Å². The SMILES string of the molecule is CCCCC(C)(CCC)CNC. The summed E-state index contributed by atoms with van der Waals surface area (Å²) in [5, 5.41) is 3.30. The van der Waals surface area contributed by atoms with Crippen molar-refractivity contribution >= 4 is 0 Å². The second-order valence-corrected chi connectivity index (χ2v) is 4.19. The van der Waals surface area contributed by atoms with Crippen molar-refractivity contribution in [2.24, 2.45) is 5.41 Å². The molecule has 0 aromatic rings. The molecule has 1 N–H and O–H groups in total. The maximum atomic E-state index is 3.30. The van der Waals surface area contributed by atoms with Crippen molar-refractivity contribution in [2.75, 3.05) is 13.6 Å². The van der Waals surface area contributed by atoms with E-state index in [0.717, 1.165) is 0 Å². The molecule has 0 radical (unpaired) electrons. The van der Waals surface area contributed by atoms with E-state index < -0.39 is 0 Å². The lowest BCUT2D eigenvalue weighted by Gasteiger charge is -2.29. The number of hydrogen-bond donors (Lipinski definition) is 1. The van der Waals surface area contributed by atoms with Gasteiger partial charge in [-0.3, -0.25) is 0 Å². The van der Waals surface area contributed by atoms with Crippen LogP contribution in [0.15, 0.2) is 0 Å². The molecule has 1 unspecified atom stereocenters. The molecule has 0 amide bonds. The van der Waals surface area contributed by atoms with Gasteiger partial charge in [-0.15, -0.1) is 0 Å². The third-order valence-electron chi connectivity index (χ3n) is 2.59. The highest BCUT2D eigenvalue weighted by atomic mass is 14.8. The van der Waals surface area contributed by atoms with Crippen molar-refractivity contribution in [3.05, 3.63) is 0 Å². The van der Waals surface area contributed by atoms with Gasteiger partial charge in [0.15, 0.2) is 0 Å². The fourth-order valence-corrected chi connectivity index (χ4v) is 1.94. The first-order chi connectivity index (χ1) is 5.68. The summed E-state index contributed by atoms with van der Waals surface area (Å²) in [5.74, 6) is 0. The summed E-state index contributed by atoms with van der Waals surface area (Å²) in [7, 11) is 2.06. The minimum absolute atomic E-state index is 0.541. The first-order valence-electron chi connectivity index (χ1n) is 5.33. The van der Waals surface area contributed by atoms with Crippen LogP contribution in [0.2, 0.25) is 0 Å². The monoisotopic (exact) mass is 171 g/mol. The second-order valence-electron chi connectivity index (χ2n) is 4.19. The zero-order valence-corrected chi connectivity index (χ0v) is 9.24. The summed E-state index contributed by atoms with van der Waals surface area (Å²) in [4.78, 5) is 0. The highest BCUT2D eigenvalue weighted by Crippen LogP contribution is 2.28. The molecule has 0 saturated heterocycles. The van der Waals surface area contributed by atoms with Crippen LogP contribution in [0, 0.1) is 5.41 Å². The lowest BCUT2D eigenvalue weighted by molar-refractivity contribution is 0.255. The van der Waals surface area contributed by atoms with Crippen LogP contribution in [0.25, 0.3) is 0 Å². The molecule has 12 heavy (non-hydrogen) atoms. The molecule has 0 aliphatic carbocycles. The fraction of sp³-hybridized carbons (Fsp3) is 1.00. The summed E-state index contributed by atoms with van der Waals surface area (Å²) >= 11 is 0. The summed E-state index contributed by atoms with van der Waals surface area (Å²) < 4.78 is 0. The first-order valence-corrected chi connectivity index (χ1v) is 5.33. The first kappa shape index (κ1) is 12.0. The van der Waals surface area contributed by atoms with Crippen LogP contribution in [0.4, 0.5) is 0 Å². The van der Waals surface area contributed by atoms with Crippen molar-refractivity contribution in [3.8, 4) is 0 Å². The van der Waals surface area contributed by atoms with Crippen LogP contribution in [-0.2, 0) is 0 Å². The van der Waals surface area contributed by atoms with E-state index in [-0.39, 0.29) is 0 Å². The summed E-state index contributed by atoms with van der Waals surface area (Å²) in [6.45, 7) is 8.12. The van der Waals surface area contributed by atoms with E-state index in [1.165, 1.54) is 38.6 Å². The van der Waals surface area contributed by atoms with Crippen molar-refractivity contribution in [1.82, 2.24) is 5.32 Å². The minimum atomic E-state index is 0.541. The summed E-state index contributed by atoms with van der Waals surface area (Å²) in [6, 6.07) is 0. The van der Waals surface area contributed by atoms with Crippen LogP contribution in [-0.4, -0.2) is 13.6 Å². The minimum Gasteiger partial charge on any atom is -0.319 e. The largest absolute Gasteiger partial charge is 0.319 e. The quantitative estimate of drug-likeness (QED) is 0.620. The van der Waals surface area contributed by atoms with Gasteiger partial charge in [-0.2, -0.15) is 0 Å². The molecule has 0 aromatic carbocycles. The number of hydrogen-bond acceptors (Lipinski definition) is 1. The van der Waals surface area contributed by atoms with Crippen molar-refractivity contribution in [3.63, 3.8) is 0 Å². The molecule has 0 fully saturated rings. The molecule has 0 bridgehead atoms. The van der Waals surface area contributed by atoms with Crippen molar-refractivity contribution < 1.29 is 0 Å². The molecule has 0 spiro atoms. The van der Waals surface area contributed by atoms with Gasteiger partial charge in [0.05, 0.1) is 0 Å². The topological polar surface area (TPSA) is 12.0 Å². The Labute approximate surface area is 77.9 Å². The van der Waals surface area contributed by atoms with Crippen LogP contribution < -0.4 is 5.32 Å². The van der Waals surface area contributed by atoms with Gasteiger partial charge in [0.1, 0.15) is 0 Å². The number of unbranched alkanes of at least 4 members (excludes halogenated alkanes) is 1. The van der Waals surface area contributed by atoms with Gasteiger partial charge in [-0.05, 0) is 25.3 Å². The van der Waals surface area contributed by atoms with Gasteiger partial charge in [0, 0.05) is 6.54 Å². The summed E-state index contributed by atoms with van der Waals surface area (Å²) in [5.41, 5.74) is 0.541. The Morgan fingerprint density at radius 1 is 1.08 bits per heavy atom. The molecule has 0 aromatic heterocycles. The molecule has 1 heteroatoms. The predicted octanol–water partition coefficient (Wildman–Crippen LogP) is 3.20. The lowest BCUT2D eigenvalue weighted by atomic mass is 9.81. The zero-order chi connectivity index (χ0) is 9.45. The maximum absolute atomic E-state index is 3.30. The number of nitrogens with one attached hydrogen (secondary N) is 1. The average molecular weight is 171 g/mol. The Hall–Kier alpha value is -0.0400. The van der Waals surface area contributed by atoms with Gasteiger partial charge in [-0.1, -0.05) is 40.0 Å². The van der Waals surface area contributed by atoms with E-state index in [2.05, 4.69) is 33.1 Å². The highest BCUT2D eigenvalue weighted by molar-refractivity contribution is 4.75. The molecule has 0 saturated carbocycles. The van der Waals surface area contributed by atoms with Crippen LogP contribution in [0.1, 0.15) is 52.9 Å². The Morgan fingerprint density at radius 2 is 1.75 bits per heavy atom. The zero-order valence-electron chi connectivity index (χ0n) is 9.24. The van der Waals surface area contributed by atoms with Gasteiger partial charge in [0.2, 0.25) is 0 Å². The van der Waals surface area contributed by atoms with Crippen LogP contribution in [0.3, 0.4) is 0 Å². The molecule has 1 atom stereocenters. The molecular weight excluding hydrogens is 146 g/mol. The third kappa shape index (κ3) is 4.76. The normalized spacial score (nSPS) is 16.0. The van der Waals surface area contributed by atoms with Gasteiger partial charge < -0.3 is 5.32 Å². The van der Waals surface area contributed by atoms with Gasteiger partial charge in [-0.25, -0.2) is 0 Å². The number of rotatable bonds is 7. The Balaban J connectivity index is 3.80. The Kier molecular flexibility index (Phi) is 6.45. The van der Waals surface area contributed by atoms with Gasteiger partial charge >= 0.3 is 0 Å². The molecule has 0 heterocycles. The fourth-order valence-electron chi connectivity index (χ4n) is 1.94. The molecule has 0 aliphatic rings. The standard InChI is InChI=1S/C11H25N/c1-5-7-9-11(3,8-6-2)10-12-4/h12H,5-10H2,1-4H3. The second kappa shape index (κ2) is 6.47.